The van der Waals surface area contributed by atoms with Gasteiger partial charge in [-0.3, -0.25) is 14.5 Å². The van der Waals surface area contributed by atoms with Crippen molar-refractivity contribution in [2.45, 2.75) is 6.92 Å². The lowest BCUT2D eigenvalue weighted by Crippen LogP contribution is -2.34. The molecule has 1 aromatic heterocycles. The van der Waals surface area contributed by atoms with E-state index in [9.17, 15) is 14.4 Å². The molecule has 7 nitrogen and oxygen atoms in total. The van der Waals surface area contributed by atoms with E-state index >= 15 is 0 Å². The Kier molecular flexibility index (Phi) is 5.80. The van der Waals surface area contributed by atoms with Gasteiger partial charge in [-0.05, 0) is 37.3 Å². The minimum Gasteiger partial charge on any atom is -0.478 e. The van der Waals surface area contributed by atoms with E-state index in [2.05, 4.69) is 4.98 Å². The van der Waals surface area contributed by atoms with Crippen molar-refractivity contribution in [2.75, 3.05) is 19.8 Å². The summed E-state index contributed by atoms with van der Waals surface area (Å²) in [6, 6.07) is 11.7. The molecule has 3 aromatic rings. The van der Waals surface area contributed by atoms with Crippen LogP contribution in [0.4, 0.5) is 0 Å². The number of esters is 1. The van der Waals surface area contributed by atoms with Gasteiger partial charge in [-0.2, -0.15) is 0 Å². The van der Waals surface area contributed by atoms with Gasteiger partial charge in [0.1, 0.15) is 12.1 Å². The molecule has 0 saturated carbocycles. The first-order valence-corrected chi connectivity index (χ1v) is 10.1. The standard InChI is InChI=1S/C22H16Cl2N2O5/c1-12-6-7-15-16(23)10-17(24)20(19(15)25-12)31-11-18(27)30-9-8-26-21(28)13-4-2-3-5-14(13)22(26)29/h2-7,10H,8-9,11H2,1H3. The molecular formula is C22H16Cl2N2O5. The van der Waals surface area contributed by atoms with Crippen LogP contribution in [0.25, 0.3) is 10.9 Å². The summed E-state index contributed by atoms with van der Waals surface area (Å²) in [5.41, 5.74) is 1.86. The largest absolute Gasteiger partial charge is 0.478 e. The summed E-state index contributed by atoms with van der Waals surface area (Å²) in [7, 11) is 0. The zero-order valence-corrected chi connectivity index (χ0v) is 17.9. The first kappa shape index (κ1) is 21.1. The van der Waals surface area contributed by atoms with Gasteiger partial charge in [0.25, 0.3) is 11.8 Å². The Balaban J connectivity index is 1.36. The molecule has 0 spiro atoms. The molecule has 0 unspecified atom stereocenters. The average molecular weight is 459 g/mol. The molecule has 2 amide bonds. The minimum absolute atomic E-state index is 0.0521. The highest BCUT2D eigenvalue weighted by Gasteiger charge is 2.34. The molecule has 2 aromatic carbocycles. The Morgan fingerprint density at radius 1 is 1.03 bits per heavy atom. The number of nitrogens with zero attached hydrogens (tertiary/aromatic N) is 2. The summed E-state index contributed by atoms with van der Waals surface area (Å²) in [5, 5.41) is 1.28. The van der Waals surface area contributed by atoms with E-state index in [0.29, 0.717) is 27.1 Å². The van der Waals surface area contributed by atoms with Crippen LogP contribution in [0.15, 0.2) is 42.5 Å². The molecular weight excluding hydrogens is 443 g/mol. The van der Waals surface area contributed by atoms with Crippen molar-refractivity contribution < 1.29 is 23.9 Å². The fourth-order valence-corrected chi connectivity index (χ4v) is 3.86. The van der Waals surface area contributed by atoms with Crippen LogP contribution in [0.5, 0.6) is 5.75 Å². The van der Waals surface area contributed by atoms with Gasteiger partial charge < -0.3 is 9.47 Å². The average Bonchev–Trinajstić information content (AvgIpc) is 2.98. The summed E-state index contributed by atoms with van der Waals surface area (Å²) in [6.45, 7) is 1.18. The van der Waals surface area contributed by atoms with Crippen molar-refractivity contribution in [1.29, 1.82) is 0 Å². The molecule has 0 bridgehead atoms. The van der Waals surface area contributed by atoms with Crippen LogP contribution in [0.3, 0.4) is 0 Å². The maximum Gasteiger partial charge on any atom is 0.344 e. The first-order valence-electron chi connectivity index (χ1n) is 9.36. The van der Waals surface area contributed by atoms with Gasteiger partial charge in [-0.25, -0.2) is 9.78 Å². The molecule has 1 aliphatic heterocycles. The third kappa shape index (κ3) is 4.06. The first-order chi connectivity index (χ1) is 14.9. The molecule has 158 valence electrons. The monoisotopic (exact) mass is 458 g/mol. The van der Waals surface area contributed by atoms with Crippen molar-refractivity contribution in [3.63, 3.8) is 0 Å². The fraction of sp³-hybridized carbons (Fsp3) is 0.182. The third-order valence-corrected chi connectivity index (χ3v) is 5.36. The lowest BCUT2D eigenvalue weighted by Gasteiger charge is -2.14. The van der Waals surface area contributed by atoms with Crippen LogP contribution in [-0.4, -0.2) is 47.4 Å². The molecule has 1 aliphatic rings. The van der Waals surface area contributed by atoms with E-state index in [4.69, 9.17) is 32.7 Å². The maximum absolute atomic E-state index is 12.3. The molecule has 31 heavy (non-hydrogen) atoms. The van der Waals surface area contributed by atoms with Crippen molar-refractivity contribution in [2.24, 2.45) is 0 Å². The number of rotatable bonds is 6. The highest BCUT2D eigenvalue weighted by Crippen LogP contribution is 2.37. The second-order valence-electron chi connectivity index (χ2n) is 6.83. The summed E-state index contributed by atoms with van der Waals surface area (Å²) < 4.78 is 10.7. The van der Waals surface area contributed by atoms with Gasteiger partial charge in [0, 0.05) is 11.1 Å². The number of halogens is 2. The minimum atomic E-state index is -0.677. The number of benzene rings is 2. The molecule has 9 heteroatoms. The lowest BCUT2D eigenvalue weighted by molar-refractivity contribution is -0.146. The second kappa shape index (κ2) is 8.53. The molecule has 0 N–H and O–H groups in total. The van der Waals surface area contributed by atoms with E-state index in [1.54, 1.807) is 36.4 Å². The van der Waals surface area contributed by atoms with Gasteiger partial charge >= 0.3 is 5.97 Å². The predicted octanol–water partition coefficient (Wildman–Crippen LogP) is 4.07. The van der Waals surface area contributed by atoms with Crippen LogP contribution in [0, 0.1) is 6.92 Å². The van der Waals surface area contributed by atoms with Crippen LogP contribution in [-0.2, 0) is 9.53 Å². The maximum atomic E-state index is 12.3. The van der Waals surface area contributed by atoms with E-state index < -0.39 is 24.4 Å². The summed E-state index contributed by atoms with van der Waals surface area (Å²) in [4.78, 5) is 42.2. The Morgan fingerprint density at radius 2 is 1.71 bits per heavy atom. The lowest BCUT2D eigenvalue weighted by atomic mass is 10.1. The highest BCUT2D eigenvalue weighted by molar-refractivity contribution is 6.39. The van der Waals surface area contributed by atoms with E-state index in [1.807, 2.05) is 6.92 Å². The summed E-state index contributed by atoms with van der Waals surface area (Å²) in [6.07, 6.45) is 0. The summed E-state index contributed by atoms with van der Waals surface area (Å²) >= 11 is 12.4. The van der Waals surface area contributed by atoms with E-state index in [0.717, 1.165) is 10.6 Å². The molecule has 0 atom stereocenters. The van der Waals surface area contributed by atoms with Crippen LogP contribution in [0.1, 0.15) is 26.4 Å². The van der Waals surface area contributed by atoms with Crippen LogP contribution in [0.2, 0.25) is 10.0 Å². The number of carbonyl (C=O) groups is 3. The number of pyridine rings is 1. The van der Waals surface area contributed by atoms with Crippen molar-refractivity contribution in [1.82, 2.24) is 9.88 Å². The van der Waals surface area contributed by atoms with Crippen molar-refractivity contribution in [3.8, 4) is 5.75 Å². The highest BCUT2D eigenvalue weighted by atomic mass is 35.5. The third-order valence-electron chi connectivity index (χ3n) is 4.77. The van der Waals surface area contributed by atoms with Gasteiger partial charge in [-0.1, -0.05) is 35.3 Å². The van der Waals surface area contributed by atoms with E-state index in [-0.39, 0.29) is 23.9 Å². The smallest absolute Gasteiger partial charge is 0.344 e. The number of carbonyl (C=O) groups excluding carboxylic acids is 3. The van der Waals surface area contributed by atoms with Gasteiger partial charge in [-0.15, -0.1) is 0 Å². The molecule has 0 aliphatic carbocycles. The van der Waals surface area contributed by atoms with Crippen molar-refractivity contribution in [3.05, 3.63) is 69.3 Å². The number of hydrogen-bond donors (Lipinski definition) is 0. The fourth-order valence-electron chi connectivity index (χ4n) is 3.29. The van der Waals surface area contributed by atoms with Gasteiger partial charge in [0.2, 0.25) is 0 Å². The number of hydrogen-bond acceptors (Lipinski definition) is 6. The summed E-state index contributed by atoms with van der Waals surface area (Å²) in [5.74, 6) is -1.27. The predicted molar refractivity (Wildman–Crippen MR) is 115 cm³/mol. The molecule has 0 saturated heterocycles. The molecule has 0 fully saturated rings. The zero-order chi connectivity index (χ0) is 22.1. The topological polar surface area (TPSA) is 85.8 Å². The zero-order valence-electron chi connectivity index (χ0n) is 16.4. The quantitative estimate of drug-likeness (QED) is 0.408. The SMILES string of the molecule is Cc1ccc2c(Cl)cc(Cl)c(OCC(=O)OCCN3C(=O)c4ccccc4C3=O)c2n1. The number of ether oxygens (including phenoxy) is 2. The van der Waals surface area contributed by atoms with E-state index in [1.165, 1.54) is 6.07 Å². The molecule has 4 rings (SSSR count). The van der Waals surface area contributed by atoms with Crippen LogP contribution < -0.4 is 4.74 Å². The molecule has 0 radical (unpaired) electrons. The molecule has 2 heterocycles. The number of fused-ring (bicyclic) bond motifs is 2. The Bertz CT molecular complexity index is 1190. The number of amides is 2. The number of aryl methyl sites for hydroxylation is 1. The number of imide groups is 1. The van der Waals surface area contributed by atoms with Gasteiger partial charge in [0.05, 0.1) is 27.7 Å². The Hall–Kier alpha value is -3.16. The van der Waals surface area contributed by atoms with Gasteiger partial charge in [0.15, 0.2) is 12.4 Å². The van der Waals surface area contributed by atoms with Crippen molar-refractivity contribution >= 4 is 51.9 Å². The Morgan fingerprint density at radius 3 is 2.39 bits per heavy atom. The Labute approximate surface area is 187 Å². The normalized spacial score (nSPS) is 12.9. The number of aromatic nitrogens is 1. The van der Waals surface area contributed by atoms with Crippen LogP contribution >= 0.6 is 23.2 Å². The second-order valence-corrected chi connectivity index (χ2v) is 7.65.